The van der Waals surface area contributed by atoms with E-state index in [0.29, 0.717) is 13.2 Å². The van der Waals surface area contributed by atoms with Crippen LogP contribution in [0.15, 0.2) is 24.3 Å². The second-order valence-corrected chi connectivity index (χ2v) is 4.08. The van der Waals surface area contributed by atoms with Gasteiger partial charge in [0.05, 0.1) is 6.61 Å². The van der Waals surface area contributed by atoms with Crippen LogP contribution in [0.1, 0.15) is 19.3 Å². The summed E-state index contributed by atoms with van der Waals surface area (Å²) in [5, 5.41) is 0. The first-order valence-electron chi connectivity index (χ1n) is 6.06. The Morgan fingerprint density at radius 1 is 1.18 bits per heavy atom. The zero-order valence-corrected chi connectivity index (χ0v) is 9.93. The van der Waals surface area contributed by atoms with Crippen molar-refractivity contribution < 1.29 is 14.2 Å². The van der Waals surface area contributed by atoms with Crippen molar-refractivity contribution in [2.24, 2.45) is 0 Å². The van der Waals surface area contributed by atoms with Crippen LogP contribution >= 0.6 is 0 Å². The molecule has 1 atom stereocenters. The lowest BCUT2D eigenvalue weighted by Gasteiger charge is -2.22. The molecule has 0 bridgehead atoms. The normalized spacial score (nSPS) is 20.1. The van der Waals surface area contributed by atoms with Crippen LogP contribution in [0, 0.1) is 0 Å². The Morgan fingerprint density at radius 2 is 2.00 bits per heavy atom. The first kappa shape index (κ1) is 12.2. The van der Waals surface area contributed by atoms with Crippen molar-refractivity contribution in [2.75, 3.05) is 25.6 Å². The quantitative estimate of drug-likeness (QED) is 0.630. The van der Waals surface area contributed by atoms with Gasteiger partial charge in [-0.25, -0.2) is 0 Å². The Kier molecular flexibility index (Phi) is 4.64. The van der Waals surface area contributed by atoms with E-state index in [4.69, 9.17) is 19.9 Å². The molecule has 0 aromatic heterocycles. The molecule has 1 aliphatic rings. The number of ether oxygens (including phenoxy) is 3. The zero-order chi connectivity index (χ0) is 11.9. The predicted octanol–water partition coefficient (Wildman–Crippen LogP) is 2.19. The molecule has 0 unspecified atom stereocenters. The highest BCUT2D eigenvalue weighted by Gasteiger charge is 2.13. The van der Waals surface area contributed by atoms with Crippen LogP contribution in [-0.2, 0) is 9.47 Å². The highest BCUT2D eigenvalue weighted by atomic mass is 16.7. The maximum absolute atomic E-state index is 5.58. The molecular formula is C13H19NO3. The highest BCUT2D eigenvalue weighted by Crippen LogP contribution is 2.15. The van der Waals surface area contributed by atoms with Gasteiger partial charge in [-0.15, -0.1) is 0 Å². The second kappa shape index (κ2) is 6.47. The second-order valence-electron chi connectivity index (χ2n) is 4.08. The number of anilines is 1. The van der Waals surface area contributed by atoms with Crippen molar-refractivity contribution >= 4 is 5.69 Å². The van der Waals surface area contributed by atoms with E-state index in [9.17, 15) is 0 Å². The number of rotatable bonds is 5. The first-order chi connectivity index (χ1) is 8.34. The van der Waals surface area contributed by atoms with Crippen molar-refractivity contribution in [1.82, 2.24) is 0 Å². The summed E-state index contributed by atoms with van der Waals surface area (Å²) < 4.78 is 16.5. The van der Waals surface area contributed by atoms with Crippen molar-refractivity contribution in [3.05, 3.63) is 24.3 Å². The van der Waals surface area contributed by atoms with Gasteiger partial charge in [-0.05, 0) is 43.5 Å². The summed E-state index contributed by atoms with van der Waals surface area (Å²) in [6.07, 6.45) is 3.27. The summed E-state index contributed by atoms with van der Waals surface area (Å²) in [6.45, 7) is 1.89. The number of nitrogens with two attached hydrogens (primary N) is 1. The van der Waals surface area contributed by atoms with Crippen LogP contribution in [0.3, 0.4) is 0 Å². The van der Waals surface area contributed by atoms with Gasteiger partial charge >= 0.3 is 0 Å². The predicted molar refractivity (Wildman–Crippen MR) is 65.9 cm³/mol. The van der Waals surface area contributed by atoms with Crippen LogP contribution in [0.4, 0.5) is 5.69 Å². The molecule has 2 rings (SSSR count). The molecule has 1 heterocycles. The zero-order valence-electron chi connectivity index (χ0n) is 9.93. The van der Waals surface area contributed by atoms with E-state index in [-0.39, 0.29) is 6.29 Å². The minimum Gasteiger partial charge on any atom is -0.491 e. The molecule has 1 saturated heterocycles. The Hall–Kier alpha value is -1.26. The van der Waals surface area contributed by atoms with E-state index >= 15 is 0 Å². The molecule has 17 heavy (non-hydrogen) atoms. The molecule has 0 spiro atoms. The molecule has 94 valence electrons. The van der Waals surface area contributed by atoms with Crippen molar-refractivity contribution in [3.8, 4) is 5.75 Å². The van der Waals surface area contributed by atoms with E-state index in [1.165, 1.54) is 6.42 Å². The summed E-state index contributed by atoms with van der Waals surface area (Å²) in [7, 11) is 0. The monoisotopic (exact) mass is 237 g/mol. The fraction of sp³-hybridized carbons (Fsp3) is 0.538. The number of nitrogen functional groups attached to an aromatic ring is 1. The molecular weight excluding hydrogens is 218 g/mol. The molecule has 0 saturated carbocycles. The average molecular weight is 237 g/mol. The maximum Gasteiger partial charge on any atom is 0.157 e. The first-order valence-corrected chi connectivity index (χ1v) is 6.06. The number of hydrogen-bond acceptors (Lipinski definition) is 4. The van der Waals surface area contributed by atoms with Crippen LogP contribution in [0.25, 0.3) is 0 Å². The van der Waals surface area contributed by atoms with E-state index < -0.39 is 0 Å². The van der Waals surface area contributed by atoms with Gasteiger partial charge in [0.15, 0.2) is 6.29 Å². The van der Waals surface area contributed by atoms with Gasteiger partial charge in [-0.3, -0.25) is 0 Å². The third-order valence-corrected chi connectivity index (χ3v) is 2.67. The molecule has 0 amide bonds. The Balaban J connectivity index is 1.60. The smallest absolute Gasteiger partial charge is 0.157 e. The third kappa shape index (κ3) is 4.24. The Bertz CT molecular complexity index is 320. The molecule has 0 aliphatic carbocycles. The summed E-state index contributed by atoms with van der Waals surface area (Å²) >= 11 is 0. The van der Waals surface area contributed by atoms with E-state index in [0.717, 1.165) is 30.9 Å². The molecule has 0 radical (unpaired) electrons. The van der Waals surface area contributed by atoms with Crippen LogP contribution < -0.4 is 10.5 Å². The lowest BCUT2D eigenvalue weighted by atomic mass is 10.2. The third-order valence-electron chi connectivity index (χ3n) is 2.67. The van der Waals surface area contributed by atoms with Crippen molar-refractivity contribution in [3.63, 3.8) is 0 Å². The molecule has 2 N–H and O–H groups in total. The van der Waals surface area contributed by atoms with Crippen LogP contribution in [0.2, 0.25) is 0 Å². The lowest BCUT2D eigenvalue weighted by molar-refractivity contribution is -0.165. The minimum atomic E-state index is -0.0428. The molecule has 4 heteroatoms. The topological polar surface area (TPSA) is 53.7 Å². The van der Waals surface area contributed by atoms with Crippen LogP contribution in [0.5, 0.6) is 5.75 Å². The van der Waals surface area contributed by atoms with Crippen molar-refractivity contribution in [2.45, 2.75) is 25.6 Å². The minimum absolute atomic E-state index is 0.0428. The fourth-order valence-corrected chi connectivity index (χ4v) is 1.75. The molecule has 1 aromatic rings. The standard InChI is InChI=1S/C13H19NO3/c14-11-4-6-12(7-5-11)15-9-10-17-13-3-1-2-8-16-13/h4-7,13H,1-3,8-10,14H2/t13-/m0/s1. The van der Waals surface area contributed by atoms with Gasteiger partial charge in [-0.1, -0.05) is 0 Å². The van der Waals surface area contributed by atoms with Gasteiger partial charge < -0.3 is 19.9 Å². The largest absolute Gasteiger partial charge is 0.491 e. The van der Waals surface area contributed by atoms with Gasteiger partial charge in [0.25, 0.3) is 0 Å². The summed E-state index contributed by atoms with van der Waals surface area (Å²) in [4.78, 5) is 0. The summed E-state index contributed by atoms with van der Waals surface area (Å²) in [5.74, 6) is 0.812. The Morgan fingerprint density at radius 3 is 2.71 bits per heavy atom. The number of benzene rings is 1. The molecule has 1 aromatic carbocycles. The van der Waals surface area contributed by atoms with Gasteiger partial charge in [0.2, 0.25) is 0 Å². The summed E-state index contributed by atoms with van der Waals surface area (Å²) in [5.41, 5.74) is 6.32. The lowest BCUT2D eigenvalue weighted by Crippen LogP contribution is -2.24. The SMILES string of the molecule is Nc1ccc(OCCO[C@H]2CCCCO2)cc1. The summed E-state index contributed by atoms with van der Waals surface area (Å²) in [6, 6.07) is 7.35. The molecule has 4 nitrogen and oxygen atoms in total. The number of hydrogen-bond donors (Lipinski definition) is 1. The van der Waals surface area contributed by atoms with Gasteiger partial charge in [0.1, 0.15) is 12.4 Å². The van der Waals surface area contributed by atoms with Crippen molar-refractivity contribution in [1.29, 1.82) is 0 Å². The highest BCUT2D eigenvalue weighted by molar-refractivity contribution is 5.41. The van der Waals surface area contributed by atoms with E-state index in [1.54, 1.807) is 0 Å². The maximum atomic E-state index is 5.58. The van der Waals surface area contributed by atoms with Gasteiger partial charge in [0, 0.05) is 12.3 Å². The molecule has 1 aliphatic heterocycles. The van der Waals surface area contributed by atoms with Gasteiger partial charge in [-0.2, -0.15) is 0 Å². The fourth-order valence-electron chi connectivity index (χ4n) is 1.75. The van der Waals surface area contributed by atoms with E-state index in [1.807, 2.05) is 24.3 Å². The molecule has 1 fully saturated rings. The Labute approximate surface area is 102 Å². The van der Waals surface area contributed by atoms with E-state index in [2.05, 4.69) is 0 Å². The van der Waals surface area contributed by atoms with Crippen LogP contribution in [-0.4, -0.2) is 26.1 Å². The average Bonchev–Trinajstić information content (AvgIpc) is 2.38.